The second-order valence-electron chi connectivity index (χ2n) is 7.03. The lowest BCUT2D eigenvalue weighted by atomic mass is 10.0. The van der Waals surface area contributed by atoms with Crippen LogP contribution in [0.25, 0.3) is 11.3 Å². The molecule has 1 unspecified atom stereocenters. The van der Waals surface area contributed by atoms with Gasteiger partial charge in [-0.15, -0.1) is 0 Å². The van der Waals surface area contributed by atoms with E-state index < -0.39 is 11.9 Å². The summed E-state index contributed by atoms with van der Waals surface area (Å²) in [7, 11) is 0. The van der Waals surface area contributed by atoms with Crippen molar-refractivity contribution in [3.8, 4) is 17.3 Å². The van der Waals surface area contributed by atoms with Gasteiger partial charge < -0.3 is 20.9 Å². The molecular formula is C21H22N6O2. The van der Waals surface area contributed by atoms with E-state index in [2.05, 4.69) is 20.8 Å². The number of pyridine rings is 1. The van der Waals surface area contributed by atoms with Gasteiger partial charge in [0.05, 0.1) is 17.6 Å². The van der Waals surface area contributed by atoms with E-state index in [1.54, 1.807) is 12.1 Å². The Morgan fingerprint density at radius 2 is 2.03 bits per heavy atom. The van der Waals surface area contributed by atoms with Crippen LogP contribution in [0.5, 0.6) is 0 Å². The Labute approximate surface area is 168 Å². The Morgan fingerprint density at radius 1 is 1.28 bits per heavy atom. The number of benzene rings is 1. The summed E-state index contributed by atoms with van der Waals surface area (Å²) in [6, 6.07) is 14.5. The summed E-state index contributed by atoms with van der Waals surface area (Å²) in [5.74, 6) is 0.211. The van der Waals surface area contributed by atoms with Gasteiger partial charge in [-0.05, 0) is 18.4 Å². The van der Waals surface area contributed by atoms with Crippen molar-refractivity contribution in [3.05, 3.63) is 54.4 Å². The van der Waals surface area contributed by atoms with Crippen LogP contribution in [0.1, 0.15) is 26.0 Å². The predicted octanol–water partition coefficient (Wildman–Crippen LogP) is 3.66. The van der Waals surface area contributed by atoms with Gasteiger partial charge in [0.2, 0.25) is 11.8 Å². The smallest absolute Gasteiger partial charge is 0.239 e. The summed E-state index contributed by atoms with van der Waals surface area (Å²) >= 11 is 0. The van der Waals surface area contributed by atoms with E-state index in [0.717, 1.165) is 5.56 Å². The third-order valence-corrected chi connectivity index (χ3v) is 4.22. The van der Waals surface area contributed by atoms with E-state index in [1.165, 1.54) is 6.20 Å². The zero-order valence-corrected chi connectivity index (χ0v) is 16.2. The fourth-order valence-corrected chi connectivity index (χ4v) is 2.86. The quantitative estimate of drug-likeness (QED) is 0.535. The Kier molecular flexibility index (Phi) is 6.09. The Hall–Kier alpha value is -3.86. The number of amides is 1. The molecule has 8 heteroatoms. The van der Waals surface area contributed by atoms with E-state index in [-0.39, 0.29) is 11.6 Å². The fraction of sp³-hybridized carbons (Fsp3) is 0.238. The van der Waals surface area contributed by atoms with Gasteiger partial charge in [-0.2, -0.15) is 5.26 Å². The summed E-state index contributed by atoms with van der Waals surface area (Å²) in [5.41, 5.74) is 8.26. The lowest BCUT2D eigenvalue weighted by Gasteiger charge is -2.19. The Bertz CT molecular complexity index is 1020. The van der Waals surface area contributed by atoms with Crippen molar-refractivity contribution in [1.82, 2.24) is 10.1 Å². The van der Waals surface area contributed by atoms with Crippen molar-refractivity contribution in [2.75, 3.05) is 10.6 Å². The monoisotopic (exact) mass is 390 g/mol. The molecule has 0 aliphatic carbocycles. The number of primary amides is 1. The van der Waals surface area contributed by atoms with E-state index in [4.69, 9.17) is 10.3 Å². The molecule has 2 heterocycles. The second kappa shape index (κ2) is 8.89. The van der Waals surface area contributed by atoms with Crippen LogP contribution in [0.2, 0.25) is 0 Å². The molecule has 0 aliphatic rings. The Balaban J connectivity index is 1.82. The summed E-state index contributed by atoms with van der Waals surface area (Å²) in [4.78, 5) is 15.9. The third kappa shape index (κ3) is 5.11. The average Bonchev–Trinajstić information content (AvgIpc) is 3.16. The van der Waals surface area contributed by atoms with Gasteiger partial charge in [-0.1, -0.05) is 49.3 Å². The minimum atomic E-state index is -0.535. The molecule has 3 rings (SSSR count). The molecule has 0 bridgehead atoms. The van der Waals surface area contributed by atoms with Crippen LogP contribution in [-0.2, 0) is 4.79 Å². The molecule has 0 saturated heterocycles. The second-order valence-corrected chi connectivity index (χ2v) is 7.03. The normalized spacial score (nSPS) is 11.7. The van der Waals surface area contributed by atoms with Crippen LogP contribution >= 0.6 is 0 Å². The number of rotatable bonds is 8. The van der Waals surface area contributed by atoms with Crippen molar-refractivity contribution in [3.63, 3.8) is 0 Å². The van der Waals surface area contributed by atoms with Crippen molar-refractivity contribution in [1.29, 1.82) is 5.26 Å². The molecule has 8 nitrogen and oxygen atoms in total. The predicted molar refractivity (Wildman–Crippen MR) is 110 cm³/mol. The highest BCUT2D eigenvalue weighted by atomic mass is 16.5. The molecule has 2 aromatic heterocycles. The fourth-order valence-electron chi connectivity index (χ4n) is 2.86. The zero-order chi connectivity index (χ0) is 20.8. The maximum atomic E-state index is 11.7. The summed E-state index contributed by atoms with van der Waals surface area (Å²) in [6.45, 7) is 4.02. The third-order valence-electron chi connectivity index (χ3n) is 4.22. The van der Waals surface area contributed by atoms with Crippen LogP contribution < -0.4 is 16.4 Å². The van der Waals surface area contributed by atoms with E-state index in [0.29, 0.717) is 29.4 Å². The molecule has 0 spiro atoms. The van der Waals surface area contributed by atoms with Gasteiger partial charge in [-0.3, -0.25) is 4.79 Å². The summed E-state index contributed by atoms with van der Waals surface area (Å²) in [6.07, 6.45) is 2.08. The average molecular weight is 390 g/mol. The molecule has 1 aromatic carbocycles. The van der Waals surface area contributed by atoms with Gasteiger partial charge in [0, 0.05) is 11.6 Å². The number of hydrogen-bond acceptors (Lipinski definition) is 7. The van der Waals surface area contributed by atoms with Crippen LogP contribution in [0.15, 0.2) is 53.2 Å². The molecule has 29 heavy (non-hydrogen) atoms. The SMILES string of the molecule is CC(C)CC(Nc1cnc(C#N)c(Nc2cc(-c3ccccc3)no2)c1)C(N)=O. The minimum Gasteiger partial charge on any atom is -0.372 e. The number of aromatic nitrogens is 2. The number of carbonyl (C=O) groups is 1. The molecule has 1 amide bonds. The van der Waals surface area contributed by atoms with E-state index in [9.17, 15) is 10.1 Å². The van der Waals surface area contributed by atoms with Crippen LogP contribution in [0.4, 0.5) is 17.3 Å². The van der Waals surface area contributed by atoms with Crippen LogP contribution in [0, 0.1) is 17.2 Å². The maximum absolute atomic E-state index is 11.7. The molecule has 1 atom stereocenters. The Morgan fingerprint density at radius 3 is 2.69 bits per heavy atom. The number of carbonyl (C=O) groups excluding carboxylic acids is 1. The highest BCUT2D eigenvalue weighted by Crippen LogP contribution is 2.27. The van der Waals surface area contributed by atoms with Gasteiger partial charge in [-0.25, -0.2) is 4.98 Å². The summed E-state index contributed by atoms with van der Waals surface area (Å²) < 4.78 is 5.34. The van der Waals surface area contributed by atoms with E-state index >= 15 is 0 Å². The first-order chi connectivity index (χ1) is 14.0. The lowest BCUT2D eigenvalue weighted by molar-refractivity contribution is -0.119. The number of anilines is 3. The van der Waals surface area contributed by atoms with Crippen LogP contribution in [0.3, 0.4) is 0 Å². The standard InChI is InChI=1S/C21H22N6O2/c1-13(2)8-18(21(23)28)25-15-9-17(19(11-22)24-12-15)26-20-10-16(27-29-20)14-6-4-3-5-7-14/h3-7,9-10,12-13,18,25-26H,8H2,1-2H3,(H2,23,28). The van der Waals surface area contributed by atoms with E-state index in [1.807, 2.05) is 50.2 Å². The van der Waals surface area contributed by atoms with Gasteiger partial charge >= 0.3 is 0 Å². The first-order valence-corrected chi connectivity index (χ1v) is 9.21. The van der Waals surface area contributed by atoms with Crippen LogP contribution in [-0.4, -0.2) is 22.1 Å². The first-order valence-electron chi connectivity index (χ1n) is 9.21. The largest absolute Gasteiger partial charge is 0.372 e. The molecular weight excluding hydrogens is 368 g/mol. The number of nitriles is 1. The first kappa shape index (κ1) is 19.9. The molecule has 0 radical (unpaired) electrons. The zero-order valence-electron chi connectivity index (χ0n) is 16.2. The van der Waals surface area contributed by atoms with Crippen molar-refractivity contribution < 1.29 is 9.32 Å². The highest BCUT2D eigenvalue weighted by molar-refractivity contribution is 5.83. The molecule has 148 valence electrons. The number of hydrogen-bond donors (Lipinski definition) is 3. The number of nitrogens with one attached hydrogen (secondary N) is 2. The maximum Gasteiger partial charge on any atom is 0.239 e. The lowest BCUT2D eigenvalue weighted by Crippen LogP contribution is -2.36. The van der Waals surface area contributed by atoms with Crippen molar-refractivity contribution in [2.24, 2.45) is 11.7 Å². The molecule has 0 fully saturated rings. The molecule has 0 saturated carbocycles. The van der Waals surface area contributed by atoms with Gasteiger partial charge in [0.1, 0.15) is 17.8 Å². The summed E-state index contributed by atoms with van der Waals surface area (Å²) in [5, 5.41) is 19.5. The molecule has 3 aromatic rings. The highest BCUT2D eigenvalue weighted by Gasteiger charge is 2.18. The molecule has 4 N–H and O–H groups in total. The number of nitrogens with two attached hydrogens (primary N) is 1. The van der Waals surface area contributed by atoms with Gasteiger partial charge in [0.25, 0.3) is 0 Å². The molecule has 0 aliphatic heterocycles. The van der Waals surface area contributed by atoms with Gasteiger partial charge in [0.15, 0.2) is 5.69 Å². The minimum absolute atomic E-state index is 0.188. The number of nitrogens with zero attached hydrogens (tertiary/aromatic N) is 3. The van der Waals surface area contributed by atoms with Crippen molar-refractivity contribution >= 4 is 23.2 Å². The van der Waals surface area contributed by atoms with Crippen molar-refractivity contribution in [2.45, 2.75) is 26.3 Å². The topological polar surface area (TPSA) is 130 Å².